The predicted octanol–water partition coefficient (Wildman–Crippen LogP) is 4.60. The van der Waals surface area contributed by atoms with Crippen molar-refractivity contribution in [2.24, 2.45) is 0 Å². The van der Waals surface area contributed by atoms with Crippen LogP contribution in [0.5, 0.6) is 5.75 Å². The molecule has 0 radical (unpaired) electrons. The number of aromatic nitrogens is 2. The Kier molecular flexibility index (Phi) is 6.26. The van der Waals surface area contributed by atoms with Gasteiger partial charge in [-0.3, -0.25) is 0 Å². The molecule has 1 saturated heterocycles. The van der Waals surface area contributed by atoms with Crippen LogP contribution in [0.2, 0.25) is 0 Å². The number of para-hydroxylation sites is 1. The van der Waals surface area contributed by atoms with E-state index in [2.05, 4.69) is 45.7 Å². The van der Waals surface area contributed by atoms with Crippen LogP contribution in [0.15, 0.2) is 78.0 Å². The lowest BCUT2D eigenvalue weighted by atomic mass is 9.91. The molecular weight excluding hydrogens is 448 g/mol. The van der Waals surface area contributed by atoms with Crippen molar-refractivity contribution in [2.75, 3.05) is 32.1 Å². The van der Waals surface area contributed by atoms with E-state index in [0.29, 0.717) is 25.5 Å². The maximum atomic E-state index is 12.8. The summed E-state index contributed by atoms with van der Waals surface area (Å²) in [6.45, 7) is 1.76. The number of hydrogen-bond acceptors (Lipinski definition) is 5. The Morgan fingerprint density at radius 2 is 1.82 bits per heavy atom. The highest BCUT2D eigenvalue weighted by Gasteiger charge is 2.27. The lowest BCUT2D eigenvalue weighted by molar-refractivity contribution is 0.414. The van der Waals surface area contributed by atoms with E-state index in [-0.39, 0.29) is 10.8 Å². The third kappa shape index (κ3) is 4.38. The SMILES string of the molecule is COc1ccc([C@@H](CNc2ccc(S(=O)(=O)N3CCCC3)cn2)c2c[nH]c3ccccc23)cc1. The van der Waals surface area contributed by atoms with Crippen molar-refractivity contribution in [2.45, 2.75) is 23.7 Å². The highest BCUT2D eigenvalue weighted by molar-refractivity contribution is 7.89. The first kappa shape index (κ1) is 22.4. The fourth-order valence-corrected chi connectivity index (χ4v) is 6.01. The lowest BCUT2D eigenvalue weighted by Crippen LogP contribution is -2.28. The molecule has 1 fully saturated rings. The second-order valence-electron chi connectivity index (χ2n) is 8.49. The zero-order valence-corrected chi connectivity index (χ0v) is 19.9. The number of aromatic amines is 1. The summed E-state index contributed by atoms with van der Waals surface area (Å²) in [6.07, 6.45) is 5.32. The van der Waals surface area contributed by atoms with E-state index in [1.165, 1.54) is 21.5 Å². The summed E-state index contributed by atoms with van der Waals surface area (Å²) >= 11 is 0. The molecule has 176 valence electrons. The van der Waals surface area contributed by atoms with Crippen molar-refractivity contribution in [1.82, 2.24) is 14.3 Å². The molecule has 1 aliphatic rings. The summed E-state index contributed by atoms with van der Waals surface area (Å²) < 4.78 is 32.4. The zero-order valence-electron chi connectivity index (χ0n) is 19.1. The Hall–Kier alpha value is -3.36. The van der Waals surface area contributed by atoms with E-state index in [1.807, 2.05) is 24.3 Å². The first-order valence-corrected chi connectivity index (χ1v) is 12.9. The van der Waals surface area contributed by atoms with Crippen molar-refractivity contribution in [3.05, 3.63) is 84.2 Å². The van der Waals surface area contributed by atoms with Crippen LogP contribution in [0.4, 0.5) is 5.82 Å². The normalized spacial score (nSPS) is 15.4. The predicted molar refractivity (Wildman–Crippen MR) is 134 cm³/mol. The molecule has 2 N–H and O–H groups in total. The maximum absolute atomic E-state index is 12.8. The van der Waals surface area contributed by atoms with Crippen LogP contribution in [0.25, 0.3) is 10.9 Å². The highest BCUT2D eigenvalue weighted by atomic mass is 32.2. The third-order valence-electron chi connectivity index (χ3n) is 6.44. The summed E-state index contributed by atoms with van der Waals surface area (Å²) in [5.74, 6) is 1.50. The summed E-state index contributed by atoms with van der Waals surface area (Å²) in [6, 6.07) is 19.7. The van der Waals surface area contributed by atoms with Crippen LogP contribution in [-0.4, -0.2) is 49.4 Å². The molecule has 1 atom stereocenters. The Morgan fingerprint density at radius 3 is 2.53 bits per heavy atom. The molecule has 5 rings (SSSR count). The first-order valence-electron chi connectivity index (χ1n) is 11.5. The van der Waals surface area contributed by atoms with Crippen molar-refractivity contribution >= 4 is 26.7 Å². The van der Waals surface area contributed by atoms with Crippen LogP contribution < -0.4 is 10.1 Å². The second kappa shape index (κ2) is 9.48. The average molecular weight is 477 g/mol. The van der Waals surface area contributed by atoms with E-state index in [9.17, 15) is 8.42 Å². The number of hydrogen-bond donors (Lipinski definition) is 2. The third-order valence-corrected chi connectivity index (χ3v) is 8.32. The van der Waals surface area contributed by atoms with Gasteiger partial charge in [0.25, 0.3) is 0 Å². The van der Waals surface area contributed by atoms with Gasteiger partial charge < -0.3 is 15.0 Å². The van der Waals surface area contributed by atoms with E-state index in [4.69, 9.17) is 4.74 Å². The van der Waals surface area contributed by atoms with Gasteiger partial charge in [-0.25, -0.2) is 13.4 Å². The number of anilines is 1. The standard InChI is InChI=1S/C26H28N4O3S/c1-33-20-10-8-19(9-11-20)23(24-18-27-25-7-3-2-6-22(24)25)17-29-26-13-12-21(16-28-26)34(31,32)30-14-4-5-15-30/h2-3,6-13,16,18,23,27H,4-5,14-15,17H2,1H3,(H,28,29)/t23-/m1/s1. The van der Waals surface area contributed by atoms with Crippen molar-refractivity contribution < 1.29 is 13.2 Å². The van der Waals surface area contributed by atoms with Crippen molar-refractivity contribution in [3.63, 3.8) is 0 Å². The molecule has 34 heavy (non-hydrogen) atoms. The topological polar surface area (TPSA) is 87.3 Å². The number of pyridine rings is 1. The summed E-state index contributed by atoms with van der Waals surface area (Å²) in [5.41, 5.74) is 3.42. The molecule has 8 heteroatoms. The summed E-state index contributed by atoms with van der Waals surface area (Å²) in [5, 5.41) is 4.58. The molecule has 2 aromatic heterocycles. The number of ether oxygens (including phenoxy) is 1. The molecule has 3 heterocycles. The molecule has 1 aliphatic heterocycles. The number of methoxy groups -OCH3 is 1. The van der Waals surface area contributed by atoms with Gasteiger partial charge in [0.1, 0.15) is 16.5 Å². The van der Waals surface area contributed by atoms with Crippen LogP contribution >= 0.6 is 0 Å². The molecule has 4 aromatic rings. The number of benzene rings is 2. The molecule has 7 nitrogen and oxygen atoms in total. The minimum absolute atomic E-state index is 0.0527. The van der Waals surface area contributed by atoms with Gasteiger partial charge in [-0.1, -0.05) is 30.3 Å². The fraction of sp³-hybridized carbons (Fsp3) is 0.269. The Morgan fingerprint density at radius 1 is 1.06 bits per heavy atom. The van der Waals surface area contributed by atoms with Gasteiger partial charge in [-0.15, -0.1) is 0 Å². The highest BCUT2D eigenvalue weighted by Crippen LogP contribution is 2.32. The number of H-pyrrole nitrogens is 1. The van der Waals surface area contributed by atoms with Crippen LogP contribution in [-0.2, 0) is 10.0 Å². The Balaban J connectivity index is 1.39. The molecule has 0 unspecified atom stereocenters. The van der Waals surface area contributed by atoms with Gasteiger partial charge in [0.05, 0.1) is 7.11 Å². The minimum atomic E-state index is -3.47. The van der Waals surface area contributed by atoms with Gasteiger partial charge in [0.15, 0.2) is 0 Å². The maximum Gasteiger partial charge on any atom is 0.244 e. The number of rotatable bonds is 8. The van der Waals surface area contributed by atoms with E-state index >= 15 is 0 Å². The van der Waals surface area contributed by atoms with Gasteiger partial charge in [0.2, 0.25) is 10.0 Å². The van der Waals surface area contributed by atoms with E-state index in [1.54, 1.807) is 19.2 Å². The summed E-state index contributed by atoms with van der Waals surface area (Å²) in [7, 11) is -1.81. The molecular formula is C26H28N4O3S. The fourth-order valence-electron chi connectivity index (χ4n) is 4.55. The number of sulfonamides is 1. The lowest BCUT2D eigenvalue weighted by Gasteiger charge is -2.19. The van der Waals surface area contributed by atoms with Gasteiger partial charge >= 0.3 is 0 Å². The Bertz CT molecular complexity index is 1360. The molecule has 0 spiro atoms. The van der Waals surface area contributed by atoms with Crippen molar-refractivity contribution in [1.29, 1.82) is 0 Å². The van der Waals surface area contributed by atoms with Crippen LogP contribution in [0.1, 0.15) is 29.9 Å². The van der Waals surface area contributed by atoms with Gasteiger partial charge in [0, 0.05) is 48.8 Å². The van der Waals surface area contributed by atoms with E-state index < -0.39 is 10.0 Å². The number of fused-ring (bicyclic) bond motifs is 1. The number of nitrogens with zero attached hydrogens (tertiary/aromatic N) is 2. The van der Waals surface area contributed by atoms with Gasteiger partial charge in [-0.2, -0.15) is 4.31 Å². The quantitative estimate of drug-likeness (QED) is 0.388. The number of nitrogens with one attached hydrogen (secondary N) is 2. The molecule has 0 amide bonds. The average Bonchev–Trinajstić information content (AvgIpc) is 3.56. The summed E-state index contributed by atoms with van der Waals surface area (Å²) in [4.78, 5) is 8.02. The van der Waals surface area contributed by atoms with Crippen LogP contribution in [0.3, 0.4) is 0 Å². The first-order chi connectivity index (χ1) is 16.6. The molecule has 0 saturated carbocycles. The van der Waals surface area contributed by atoms with Crippen LogP contribution in [0, 0.1) is 0 Å². The monoisotopic (exact) mass is 476 g/mol. The molecule has 0 bridgehead atoms. The molecule has 0 aliphatic carbocycles. The largest absolute Gasteiger partial charge is 0.497 e. The second-order valence-corrected chi connectivity index (χ2v) is 10.4. The van der Waals surface area contributed by atoms with Gasteiger partial charge in [-0.05, 0) is 54.3 Å². The molecule has 2 aromatic carbocycles. The zero-order chi connectivity index (χ0) is 23.5. The minimum Gasteiger partial charge on any atom is -0.497 e. The van der Waals surface area contributed by atoms with Crippen molar-refractivity contribution in [3.8, 4) is 5.75 Å². The smallest absolute Gasteiger partial charge is 0.244 e. The van der Waals surface area contributed by atoms with E-state index in [0.717, 1.165) is 29.7 Å². The Labute approximate surface area is 199 Å².